The first-order valence-electron chi connectivity index (χ1n) is 8.86. The fourth-order valence-electron chi connectivity index (χ4n) is 2.92. The molecule has 1 aromatic heterocycles. The summed E-state index contributed by atoms with van der Waals surface area (Å²) in [5.41, 5.74) is 1.33. The average molecular weight is 542 g/mol. The van der Waals surface area contributed by atoms with Gasteiger partial charge in [-0.2, -0.15) is 28.2 Å². The highest BCUT2D eigenvalue weighted by molar-refractivity contribution is 8.00. The van der Waals surface area contributed by atoms with Crippen LogP contribution in [0.1, 0.15) is 23.7 Å². The van der Waals surface area contributed by atoms with Crippen molar-refractivity contribution in [2.75, 3.05) is 0 Å². The van der Waals surface area contributed by atoms with E-state index in [2.05, 4.69) is 10.2 Å². The molecule has 0 aliphatic heterocycles. The predicted molar refractivity (Wildman–Crippen MR) is 125 cm³/mol. The van der Waals surface area contributed by atoms with Crippen molar-refractivity contribution < 1.29 is 18.0 Å². The zero-order chi connectivity index (χ0) is 23.8. The van der Waals surface area contributed by atoms with Crippen molar-refractivity contribution in [3.63, 3.8) is 0 Å². The maximum absolute atomic E-state index is 12.8. The Balaban J connectivity index is 1.83. The number of Topliss-reactive ketones (excluding diaryl/α,β-unsaturated/α-hetero) is 1. The predicted octanol–water partition coefficient (Wildman–Crippen LogP) is 6.57. The molecule has 0 amide bonds. The maximum Gasteiger partial charge on any atom is 0.446 e. The molecule has 170 valence electrons. The molecule has 13 heteroatoms. The first kappa shape index (κ1) is 25.0. The zero-order valence-corrected chi connectivity index (χ0v) is 20.1. The summed E-state index contributed by atoms with van der Waals surface area (Å²) in [6.07, 6.45) is -0.117. The van der Waals surface area contributed by atoms with Crippen molar-refractivity contribution in [2.24, 2.45) is 11.1 Å². The molecule has 0 bridgehead atoms. The molecular formula is C19H14Cl3F3N4OS2. The smallest absolute Gasteiger partial charge is 0.393 e. The van der Waals surface area contributed by atoms with Gasteiger partial charge < -0.3 is 5.73 Å². The van der Waals surface area contributed by atoms with Gasteiger partial charge in [0.15, 0.2) is 5.78 Å². The number of rotatable bonds is 7. The second kappa shape index (κ2) is 9.34. The highest BCUT2D eigenvalue weighted by Crippen LogP contribution is 2.37. The van der Waals surface area contributed by atoms with Crippen molar-refractivity contribution in [3.8, 4) is 0 Å². The number of aromatic nitrogens is 3. The van der Waals surface area contributed by atoms with Crippen LogP contribution in [0.4, 0.5) is 13.2 Å². The van der Waals surface area contributed by atoms with E-state index in [1.807, 2.05) is 0 Å². The van der Waals surface area contributed by atoms with Crippen LogP contribution in [-0.4, -0.2) is 31.3 Å². The van der Waals surface area contributed by atoms with Gasteiger partial charge in [0.2, 0.25) is 0 Å². The van der Waals surface area contributed by atoms with Gasteiger partial charge in [-0.3, -0.25) is 4.79 Å². The van der Waals surface area contributed by atoms with E-state index in [0.29, 0.717) is 11.0 Å². The number of fused-ring (bicyclic) bond motifs is 1. The quantitative estimate of drug-likeness (QED) is 0.158. The molecule has 2 N–H and O–H groups in total. The lowest BCUT2D eigenvalue weighted by molar-refractivity contribution is -0.0328. The lowest BCUT2D eigenvalue weighted by Gasteiger charge is -2.27. The fraction of sp³-hybridized carbons (Fsp3) is 0.263. The van der Waals surface area contributed by atoms with Gasteiger partial charge in [0, 0.05) is 22.3 Å². The van der Waals surface area contributed by atoms with Crippen LogP contribution in [0.25, 0.3) is 11.0 Å². The van der Waals surface area contributed by atoms with Crippen molar-refractivity contribution in [3.05, 3.63) is 51.0 Å². The number of carbonyl (C=O) groups excluding carboxylic acids is 1. The maximum atomic E-state index is 12.8. The summed E-state index contributed by atoms with van der Waals surface area (Å²) in [6, 6.07) is 6.58. The number of thioether (sulfide) groups is 1. The Morgan fingerprint density at radius 3 is 2.28 bits per heavy atom. The molecule has 1 heterocycles. The number of carbonyl (C=O) groups is 1. The Bertz CT molecular complexity index is 1200. The largest absolute Gasteiger partial charge is 0.446 e. The van der Waals surface area contributed by atoms with Crippen LogP contribution in [0, 0.1) is 5.41 Å². The third-order valence-corrected chi connectivity index (χ3v) is 6.90. The lowest BCUT2D eigenvalue weighted by Crippen LogP contribution is -2.39. The summed E-state index contributed by atoms with van der Waals surface area (Å²) in [5.74, 6) is -0.348. The Labute approximate surface area is 205 Å². The van der Waals surface area contributed by atoms with E-state index in [-0.39, 0.29) is 61.0 Å². The van der Waals surface area contributed by atoms with Crippen LogP contribution in [0.5, 0.6) is 0 Å². The molecule has 0 spiro atoms. The van der Waals surface area contributed by atoms with Gasteiger partial charge in [0.25, 0.3) is 0 Å². The minimum Gasteiger partial charge on any atom is -0.393 e. The van der Waals surface area contributed by atoms with Crippen LogP contribution in [0.15, 0.2) is 35.2 Å². The fourth-order valence-corrected chi connectivity index (χ4v) is 4.26. The van der Waals surface area contributed by atoms with Crippen LogP contribution >= 0.6 is 58.8 Å². The van der Waals surface area contributed by atoms with Crippen LogP contribution in [-0.2, 0) is 6.54 Å². The van der Waals surface area contributed by atoms with Gasteiger partial charge in [0.05, 0.1) is 26.6 Å². The molecule has 0 saturated heterocycles. The van der Waals surface area contributed by atoms with Gasteiger partial charge >= 0.3 is 5.51 Å². The van der Waals surface area contributed by atoms with Gasteiger partial charge in [-0.25, -0.2) is 0 Å². The number of hydrogen-bond donors (Lipinski definition) is 1. The molecule has 5 nitrogen and oxygen atoms in total. The summed E-state index contributed by atoms with van der Waals surface area (Å²) in [4.78, 5) is 14.1. The highest BCUT2D eigenvalue weighted by Gasteiger charge is 2.34. The van der Waals surface area contributed by atoms with Gasteiger partial charge in [-0.1, -0.05) is 66.1 Å². The molecule has 0 radical (unpaired) electrons. The average Bonchev–Trinajstić information content (AvgIpc) is 3.09. The number of hydrogen-bond acceptors (Lipinski definition) is 5. The van der Waals surface area contributed by atoms with E-state index >= 15 is 0 Å². The second-order valence-corrected chi connectivity index (χ2v) is 9.95. The molecule has 0 fully saturated rings. The number of alkyl halides is 3. The Kier molecular flexibility index (Phi) is 7.31. The molecule has 1 atom stereocenters. The second-order valence-electron chi connectivity index (χ2n) is 7.18. The molecule has 3 aromatic rings. The van der Waals surface area contributed by atoms with Gasteiger partial charge in [-0.15, -0.1) is 0 Å². The number of benzene rings is 2. The molecular weight excluding hydrogens is 528 g/mol. The van der Waals surface area contributed by atoms with Gasteiger partial charge in [0.1, 0.15) is 11.0 Å². The van der Waals surface area contributed by atoms with E-state index in [0.717, 1.165) is 0 Å². The summed E-state index contributed by atoms with van der Waals surface area (Å²) in [5, 5.41) is 9.25. The van der Waals surface area contributed by atoms with Crippen LogP contribution in [0.2, 0.25) is 15.1 Å². The molecule has 0 aliphatic carbocycles. The van der Waals surface area contributed by atoms with Crippen molar-refractivity contribution in [1.29, 1.82) is 0 Å². The number of halogens is 6. The van der Waals surface area contributed by atoms with E-state index in [4.69, 9.17) is 52.8 Å². The zero-order valence-electron chi connectivity index (χ0n) is 16.2. The molecule has 3 rings (SSSR count). The van der Waals surface area contributed by atoms with E-state index in [1.54, 1.807) is 6.92 Å². The third-order valence-electron chi connectivity index (χ3n) is 4.60. The Hall–Kier alpha value is -1.59. The number of nitrogens with two attached hydrogens (primary N) is 1. The van der Waals surface area contributed by atoms with Crippen LogP contribution in [0.3, 0.4) is 0 Å². The molecule has 0 aliphatic rings. The van der Waals surface area contributed by atoms with Crippen molar-refractivity contribution in [1.82, 2.24) is 15.0 Å². The number of thiocarbonyl (C=S) groups is 1. The molecule has 32 heavy (non-hydrogen) atoms. The summed E-state index contributed by atoms with van der Waals surface area (Å²) in [6.45, 7) is 1.71. The molecule has 0 saturated carbocycles. The first-order chi connectivity index (χ1) is 14.8. The van der Waals surface area contributed by atoms with Crippen molar-refractivity contribution in [2.45, 2.75) is 30.3 Å². The minimum atomic E-state index is -4.41. The first-order valence-corrected chi connectivity index (χ1v) is 11.2. The normalized spacial score (nSPS) is 13.8. The SMILES string of the molecule is CC(CC(=O)c1ccc(SC(F)(F)F)cc1)(Cn1nc2c(Cl)cc(Cl)c(Cl)c2n1)C(N)=S. The number of ketones is 1. The van der Waals surface area contributed by atoms with Crippen molar-refractivity contribution >= 4 is 80.6 Å². The van der Waals surface area contributed by atoms with E-state index in [1.165, 1.54) is 35.1 Å². The topological polar surface area (TPSA) is 73.8 Å². The Morgan fingerprint density at radius 1 is 1.12 bits per heavy atom. The lowest BCUT2D eigenvalue weighted by atomic mass is 9.83. The highest BCUT2D eigenvalue weighted by atomic mass is 35.5. The summed E-state index contributed by atoms with van der Waals surface area (Å²) >= 11 is 23.3. The Morgan fingerprint density at radius 2 is 1.72 bits per heavy atom. The molecule has 1 unspecified atom stereocenters. The van der Waals surface area contributed by atoms with Gasteiger partial charge in [-0.05, 0) is 30.0 Å². The third kappa shape index (κ3) is 5.66. The summed E-state index contributed by atoms with van der Waals surface area (Å²) < 4.78 is 37.5. The monoisotopic (exact) mass is 540 g/mol. The summed E-state index contributed by atoms with van der Waals surface area (Å²) in [7, 11) is 0. The van der Waals surface area contributed by atoms with Crippen LogP contribution < -0.4 is 5.73 Å². The van der Waals surface area contributed by atoms with E-state index < -0.39 is 10.9 Å². The number of nitrogens with zero attached hydrogens (tertiary/aromatic N) is 3. The van der Waals surface area contributed by atoms with E-state index in [9.17, 15) is 18.0 Å². The minimum absolute atomic E-state index is 0.0222. The standard InChI is InChI=1S/C19H14Cl3F3N4OS2/c1-18(17(26)31,7-13(30)9-2-4-10(5-3-9)32-19(23,24)25)8-29-27-15-12(21)6-11(20)14(22)16(15)28-29/h2-6H,7-8H2,1H3,(H2,26,31). The molecule has 2 aromatic carbocycles.